The Labute approximate surface area is 110 Å². The topological polar surface area (TPSA) is 88.3 Å². The first-order chi connectivity index (χ1) is 8.11. The third-order valence-electron chi connectivity index (χ3n) is 2.69. The van der Waals surface area contributed by atoms with Gasteiger partial charge in [-0.25, -0.2) is 0 Å². The molecular formula is C12H15ClN2O3. The van der Waals surface area contributed by atoms with Crippen LogP contribution in [0.1, 0.15) is 5.56 Å². The number of nitrogens with two attached hydrogens (primary N) is 1. The van der Waals surface area contributed by atoms with Crippen LogP contribution in [0.5, 0.6) is 5.75 Å². The first-order valence-electron chi connectivity index (χ1n) is 5.24. The third kappa shape index (κ3) is 2.75. The number of nitrogens with one attached hydrogen (secondary N) is 1. The number of hydrogen-bond acceptors (Lipinski definition) is 4. The predicted octanol–water partition coefficient (Wildman–Crippen LogP) is 1.34. The standard InChI is InChI=1S/C12H14N2O3.ClH/c1-17-12(16)10(13)4-7-6-14-11-3-2-8(15)5-9(7)11;/h2-3,5-6,10,14-15H,4,13H2,1H3;1H. The van der Waals surface area contributed by atoms with Gasteiger partial charge in [-0.3, -0.25) is 4.79 Å². The molecule has 6 heteroatoms. The summed E-state index contributed by atoms with van der Waals surface area (Å²) in [6.07, 6.45) is 2.16. The van der Waals surface area contributed by atoms with E-state index in [2.05, 4.69) is 9.72 Å². The first kappa shape index (κ1) is 14.3. The number of benzene rings is 1. The Morgan fingerprint density at radius 3 is 2.94 bits per heavy atom. The van der Waals surface area contributed by atoms with E-state index in [0.717, 1.165) is 16.5 Å². The number of hydrogen-bond donors (Lipinski definition) is 3. The molecule has 18 heavy (non-hydrogen) atoms. The number of aromatic amines is 1. The van der Waals surface area contributed by atoms with Crippen molar-refractivity contribution in [1.29, 1.82) is 0 Å². The number of halogens is 1. The predicted molar refractivity (Wildman–Crippen MR) is 70.9 cm³/mol. The molecule has 0 amide bonds. The van der Waals surface area contributed by atoms with Gasteiger partial charge in [0.1, 0.15) is 11.8 Å². The molecule has 1 unspecified atom stereocenters. The van der Waals surface area contributed by atoms with Gasteiger partial charge in [0.25, 0.3) is 0 Å². The summed E-state index contributed by atoms with van der Waals surface area (Å²) in [6, 6.07) is 4.33. The molecule has 0 saturated carbocycles. The third-order valence-corrected chi connectivity index (χ3v) is 2.69. The monoisotopic (exact) mass is 270 g/mol. The summed E-state index contributed by atoms with van der Waals surface area (Å²) in [4.78, 5) is 14.3. The molecule has 0 bridgehead atoms. The number of phenols is 1. The molecule has 1 heterocycles. The molecule has 2 aromatic rings. The molecule has 0 radical (unpaired) electrons. The number of ether oxygens (including phenoxy) is 1. The highest BCUT2D eigenvalue weighted by Gasteiger charge is 2.16. The zero-order valence-corrected chi connectivity index (χ0v) is 10.7. The van der Waals surface area contributed by atoms with Crippen molar-refractivity contribution < 1.29 is 14.6 Å². The van der Waals surface area contributed by atoms with Crippen LogP contribution in [-0.4, -0.2) is 29.2 Å². The highest BCUT2D eigenvalue weighted by Crippen LogP contribution is 2.23. The molecular weight excluding hydrogens is 256 g/mol. The van der Waals surface area contributed by atoms with Gasteiger partial charge in [-0.15, -0.1) is 12.4 Å². The molecule has 0 saturated heterocycles. The summed E-state index contributed by atoms with van der Waals surface area (Å²) in [5, 5.41) is 10.3. The lowest BCUT2D eigenvalue weighted by Crippen LogP contribution is -2.33. The molecule has 98 valence electrons. The van der Waals surface area contributed by atoms with Crippen LogP contribution in [0.15, 0.2) is 24.4 Å². The Hall–Kier alpha value is -1.72. The molecule has 0 aliphatic rings. The molecule has 5 nitrogen and oxygen atoms in total. The van der Waals surface area contributed by atoms with Gasteiger partial charge in [0.15, 0.2) is 0 Å². The zero-order chi connectivity index (χ0) is 12.4. The number of H-pyrrole nitrogens is 1. The van der Waals surface area contributed by atoms with Gasteiger partial charge in [-0.2, -0.15) is 0 Å². The number of carbonyl (C=O) groups is 1. The maximum Gasteiger partial charge on any atom is 0.322 e. The SMILES string of the molecule is COC(=O)C(N)Cc1c[nH]c2ccc(O)cc12.Cl. The van der Waals surface area contributed by atoms with Crippen LogP contribution in [0.2, 0.25) is 0 Å². The number of aromatic hydroxyl groups is 1. The van der Waals surface area contributed by atoms with E-state index in [-0.39, 0.29) is 18.2 Å². The largest absolute Gasteiger partial charge is 0.508 e. The van der Waals surface area contributed by atoms with Crippen molar-refractivity contribution in [2.75, 3.05) is 7.11 Å². The van der Waals surface area contributed by atoms with Gasteiger partial charge >= 0.3 is 5.97 Å². The van der Waals surface area contributed by atoms with Crippen molar-refractivity contribution >= 4 is 29.3 Å². The lowest BCUT2D eigenvalue weighted by atomic mass is 10.1. The summed E-state index contributed by atoms with van der Waals surface area (Å²) < 4.78 is 4.57. The number of rotatable bonds is 3. The number of phenolic OH excluding ortho intramolecular Hbond substituents is 1. The summed E-state index contributed by atoms with van der Waals surface area (Å²) >= 11 is 0. The van der Waals surface area contributed by atoms with E-state index in [9.17, 15) is 9.90 Å². The van der Waals surface area contributed by atoms with Crippen LogP contribution in [0.4, 0.5) is 0 Å². The van der Waals surface area contributed by atoms with Gasteiger partial charge in [-0.05, 0) is 23.8 Å². The van der Waals surface area contributed by atoms with Gasteiger partial charge in [0, 0.05) is 23.5 Å². The van der Waals surface area contributed by atoms with Gasteiger partial charge in [0.2, 0.25) is 0 Å². The highest BCUT2D eigenvalue weighted by atomic mass is 35.5. The number of carbonyl (C=O) groups excluding carboxylic acids is 1. The minimum atomic E-state index is -0.693. The number of aromatic nitrogens is 1. The molecule has 1 aromatic carbocycles. The smallest absolute Gasteiger partial charge is 0.322 e. The summed E-state index contributed by atoms with van der Waals surface area (Å²) in [6.45, 7) is 0. The van der Waals surface area contributed by atoms with Crippen molar-refractivity contribution in [2.45, 2.75) is 12.5 Å². The van der Waals surface area contributed by atoms with Crippen LogP contribution >= 0.6 is 12.4 Å². The second kappa shape index (κ2) is 5.75. The van der Waals surface area contributed by atoms with E-state index in [1.54, 1.807) is 24.4 Å². The molecule has 0 aliphatic heterocycles. The van der Waals surface area contributed by atoms with Crippen LogP contribution < -0.4 is 5.73 Å². The Kier molecular flexibility index (Phi) is 4.58. The second-order valence-corrected chi connectivity index (χ2v) is 3.88. The Bertz CT molecular complexity index is 553. The quantitative estimate of drug-likeness (QED) is 0.735. The van der Waals surface area contributed by atoms with Crippen molar-refractivity contribution in [1.82, 2.24) is 4.98 Å². The lowest BCUT2D eigenvalue weighted by molar-refractivity contribution is -0.142. The fourth-order valence-corrected chi connectivity index (χ4v) is 1.81. The average molecular weight is 271 g/mol. The van der Waals surface area contributed by atoms with Gasteiger partial charge in [0.05, 0.1) is 7.11 Å². The van der Waals surface area contributed by atoms with E-state index >= 15 is 0 Å². The first-order valence-corrected chi connectivity index (χ1v) is 5.24. The molecule has 0 fully saturated rings. The Morgan fingerprint density at radius 1 is 1.56 bits per heavy atom. The van der Waals surface area contributed by atoms with Crippen LogP contribution in [0.25, 0.3) is 10.9 Å². The van der Waals surface area contributed by atoms with Crippen LogP contribution in [0.3, 0.4) is 0 Å². The minimum Gasteiger partial charge on any atom is -0.508 e. The van der Waals surface area contributed by atoms with Crippen molar-refractivity contribution in [3.05, 3.63) is 30.0 Å². The molecule has 2 rings (SSSR count). The number of fused-ring (bicyclic) bond motifs is 1. The molecule has 4 N–H and O–H groups in total. The average Bonchev–Trinajstić information content (AvgIpc) is 2.71. The van der Waals surface area contributed by atoms with Gasteiger partial charge < -0.3 is 20.6 Å². The van der Waals surface area contributed by atoms with Crippen molar-refractivity contribution in [3.8, 4) is 5.75 Å². The zero-order valence-electron chi connectivity index (χ0n) is 9.84. The second-order valence-electron chi connectivity index (χ2n) is 3.88. The fraction of sp³-hybridized carbons (Fsp3) is 0.250. The van der Waals surface area contributed by atoms with E-state index < -0.39 is 12.0 Å². The maximum absolute atomic E-state index is 11.2. The summed E-state index contributed by atoms with van der Waals surface area (Å²) in [5.41, 5.74) is 7.48. The van der Waals surface area contributed by atoms with Crippen molar-refractivity contribution in [2.24, 2.45) is 5.73 Å². The number of methoxy groups -OCH3 is 1. The number of esters is 1. The molecule has 0 spiro atoms. The van der Waals surface area contributed by atoms with Gasteiger partial charge in [-0.1, -0.05) is 0 Å². The van der Waals surface area contributed by atoms with E-state index in [1.807, 2.05) is 0 Å². The fourth-order valence-electron chi connectivity index (χ4n) is 1.81. The van der Waals surface area contributed by atoms with Crippen LogP contribution in [-0.2, 0) is 16.0 Å². The lowest BCUT2D eigenvalue weighted by Gasteiger charge is -2.08. The highest BCUT2D eigenvalue weighted by molar-refractivity contribution is 5.86. The molecule has 1 atom stereocenters. The van der Waals surface area contributed by atoms with E-state index in [1.165, 1.54) is 7.11 Å². The summed E-state index contributed by atoms with van der Waals surface area (Å²) in [7, 11) is 1.31. The molecule has 0 aliphatic carbocycles. The minimum absolute atomic E-state index is 0. The summed E-state index contributed by atoms with van der Waals surface area (Å²) in [5.74, 6) is -0.260. The maximum atomic E-state index is 11.2. The van der Waals surface area contributed by atoms with Crippen LogP contribution in [0, 0.1) is 0 Å². The van der Waals surface area contributed by atoms with E-state index in [0.29, 0.717) is 6.42 Å². The van der Waals surface area contributed by atoms with E-state index in [4.69, 9.17) is 5.73 Å². The van der Waals surface area contributed by atoms with Crippen molar-refractivity contribution in [3.63, 3.8) is 0 Å². The molecule has 1 aromatic heterocycles. The normalized spacial score (nSPS) is 11.9. The Morgan fingerprint density at radius 2 is 2.28 bits per heavy atom. The Balaban J connectivity index is 0.00000162.